The van der Waals surface area contributed by atoms with Gasteiger partial charge in [-0.25, -0.2) is 4.79 Å². The number of carbonyl (C=O) groups excluding carboxylic acids is 2. The Bertz CT molecular complexity index is 224. The molecule has 7 heteroatoms. The first-order valence-electron chi connectivity index (χ1n) is 3.77. The van der Waals surface area contributed by atoms with Gasteiger partial charge in [0.25, 0.3) is 0 Å². The molecule has 1 atom stereocenters. The molecule has 0 spiro atoms. The van der Waals surface area contributed by atoms with E-state index in [2.05, 4.69) is 4.74 Å². The predicted octanol–water partition coefficient (Wildman–Crippen LogP) is 0.810. The number of halogens is 3. The van der Waals surface area contributed by atoms with Crippen molar-refractivity contribution in [3.05, 3.63) is 12.2 Å². The summed E-state index contributed by atoms with van der Waals surface area (Å²) in [6.45, 7) is 1.78. The highest BCUT2D eigenvalue weighted by molar-refractivity contribution is 5.81. The molecule has 4 nitrogen and oxygen atoms in total. The van der Waals surface area contributed by atoms with E-state index in [1.807, 2.05) is 0 Å². The Morgan fingerprint density at radius 1 is 1.47 bits per heavy atom. The third kappa shape index (κ3) is 19.2. The molecule has 0 aromatic carbocycles. The first-order chi connectivity index (χ1) is 6.72. The van der Waals surface area contributed by atoms with E-state index < -0.39 is 12.5 Å². The van der Waals surface area contributed by atoms with E-state index in [9.17, 15) is 18.0 Å². The van der Waals surface area contributed by atoms with E-state index in [4.69, 9.17) is 10.5 Å². The summed E-state index contributed by atoms with van der Waals surface area (Å²) in [6.07, 6.45) is -2.82. The summed E-state index contributed by atoms with van der Waals surface area (Å²) in [6, 6.07) is -0.0934. The van der Waals surface area contributed by atoms with Gasteiger partial charge in [-0.05, 0) is 6.92 Å². The number of carbonyl (C=O) groups is 2. The maximum atomic E-state index is 10.4. The Morgan fingerprint density at radius 2 is 1.87 bits per heavy atom. The highest BCUT2D eigenvalue weighted by atomic mass is 19.4. The van der Waals surface area contributed by atoms with Crippen molar-refractivity contribution in [3.63, 3.8) is 0 Å². The Kier molecular flexibility index (Phi) is 8.55. The van der Waals surface area contributed by atoms with Gasteiger partial charge < -0.3 is 10.5 Å². The average molecular weight is 227 g/mol. The first-order valence-corrected chi connectivity index (χ1v) is 3.77. The van der Waals surface area contributed by atoms with E-state index >= 15 is 0 Å². The fourth-order valence-corrected chi connectivity index (χ4v) is 0.298. The smallest absolute Gasteiger partial charge is 0.446 e. The summed E-state index contributed by atoms with van der Waals surface area (Å²) in [5.41, 5.74) is 5.30. The molecule has 0 rings (SSSR count). The van der Waals surface area contributed by atoms with Crippen LogP contribution < -0.4 is 5.73 Å². The molecule has 0 saturated carbocycles. The number of esters is 1. The van der Waals surface area contributed by atoms with E-state index in [0.29, 0.717) is 0 Å². The number of ether oxygens (including phenoxy) is 1. The van der Waals surface area contributed by atoms with Crippen LogP contribution in [0, 0.1) is 0 Å². The predicted molar refractivity (Wildman–Crippen MR) is 46.9 cm³/mol. The first kappa shape index (κ1) is 16.1. The summed E-state index contributed by atoms with van der Waals surface area (Å²) < 4.78 is 35.6. The minimum Gasteiger partial charge on any atom is -0.466 e. The molecule has 0 aliphatic heterocycles. The molecule has 0 aliphatic carbocycles. The number of alkyl halides is 3. The lowest BCUT2D eigenvalue weighted by Crippen LogP contribution is -2.11. The second-order valence-corrected chi connectivity index (χ2v) is 2.40. The standard InChI is InChI=1S/C6H11NO2.C2HF3O/c1-5(7)3-4-6(8)9-2;3-2(4,5)1-6/h3-5H,7H2,1-2H3;1H/b4-3+;/t5-;/m1./s1. The van der Waals surface area contributed by atoms with Gasteiger partial charge in [0.05, 0.1) is 7.11 Å². The van der Waals surface area contributed by atoms with Gasteiger partial charge in [0.2, 0.25) is 6.29 Å². The van der Waals surface area contributed by atoms with Crippen LogP contribution in [0.2, 0.25) is 0 Å². The van der Waals surface area contributed by atoms with Crippen LogP contribution in [-0.4, -0.2) is 31.6 Å². The van der Waals surface area contributed by atoms with Crippen LogP contribution in [0.3, 0.4) is 0 Å². The van der Waals surface area contributed by atoms with Crippen molar-refractivity contribution < 1.29 is 27.5 Å². The summed E-state index contributed by atoms with van der Waals surface area (Å²) in [4.78, 5) is 19.1. The molecular formula is C8H12F3NO3. The zero-order valence-corrected chi connectivity index (χ0v) is 8.25. The van der Waals surface area contributed by atoms with Crippen molar-refractivity contribution in [2.75, 3.05) is 7.11 Å². The van der Waals surface area contributed by atoms with Gasteiger partial charge in [-0.15, -0.1) is 0 Å². The van der Waals surface area contributed by atoms with Crippen molar-refractivity contribution in [2.24, 2.45) is 5.73 Å². The lowest BCUT2D eigenvalue weighted by atomic mass is 10.3. The number of nitrogens with two attached hydrogens (primary N) is 1. The van der Waals surface area contributed by atoms with Crippen LogP contribution >= 0.6 is 0 Å². The third-order valence-corrected chi connectivity index (χ3v) is 0.871. The Labute approximate surface area is 84.9 Å². The number of rotatable bonds is 2. The molecule has 0 fully saturated rings. The van der Waals surface area contributed by atoms with Crippen LogP contribution in [0.25, 0.3) is 0 Å². The molecule has 2 N–H and O–H groups in total. The zero-order chi connectivity index (χ0) is 12.5. The van der Waals surface area contributed by atoms with Crippen molar-refractivity contribution in [1.82, 2.24) is 0 Å². The van der Waals surface area contributed by atoms with Crippen LogP contribution in [0.1, 0.15) is 6.92 Å². The van der Waals surface area contributed by atoms with Crippen LogP contribution in [0.5, 0.6) is 0 Å². The SMILES string of the molecule is COC(=O)/C=C/[C@@H](C)N.O=CC(F)(F)F. The minimum atomic E-state index is -4.64. The fraction of sp³-hybridized carbons (Fsp3) is 0.500. The van der Waals surface area contributed by atoms with E-state index in [1.54, 1.807) is 13.0 Å². The number of hydrogen-bond acceptors (Lipinski definition) is 4. The second kappa shape index (κ2) is 7.98. The largest absolute Gasteiger partial charge is 0.466 e. The summed E-state index contributed by atoms with van der Waals surface area (Å²) in [7, 11) is 1.33. The Morgan fingerprint density at radius 3 is 2.07 bits per heavy atom. The molecule has 0 heterocycles. The lowest BCUT2D eigenvalue weighted by molar-refractivity contribution is -0.156. The number of hydrogen-bond donors (Lipinski definition) is 1. The molecule has 0 aromatic heterocycles. The monoisotopic (exact) mass is 227 g/mol. The highest BCUT2D eigenvalue weighted by Gasteiger charge is 2.24. The average Bonchev–Trinajstić information content (AvgIpc) is 2.14. The van der Waals surface area contributed by atoms with Crippen molar-refractivity contribution >= 4 is 12.3 Å². The highest BCUT2D eigenvalue weighted by Crippen LogP contribution is 2.08. The van der Waals surface area contributed by atoms with E-state index in [1.165, 1.54) is 13.2 Å². The topological polar surface area (TPSA) is 69.4 Å². The zero-order valence-electron chi connectivity index (χ0n) is 8.25. The Hall–Kier alpha value is -1.37. The molecule has 0 amide bonds. The minimum absolute atomic E-state index is 0.0934. The summed E-state index contributed by atoms with van der Waals surface area (Å²) >= 11 is 0. The molecule has 88 valence electrons. The van der Waals surface area contributed by atoms with Crippen molar-refractivity contribution in [1.29, 1.82) is 0 Å². The quantitative estimate of drug-likeness (QED) is 0.430. The van der Waals surface area contributed by atoms with E-state index in [0.717, 1.165) is 0 Å². The second-order valence-electron chi connectivity index (χ2n) is 2.40. The molecule has 0 radical (unpaired) electrons. The van der Waals surface area contributed by atoms with Crippen molar-refractivity contribution in [3.8, 4) is 0 Å². The Balaban J connectivity index is 0. The van der Waals surface area contributed by atoms with Gasteiger partial charge in [-0.3, -0.25) is 4.79 Å². The fourth-order valence-electron chi connectivity index (χ4n) is 0.298. The van der Waals surface area contributed by atoms with Gasteiger partial charge in [0.15, 0.2) is 0 Å². The van der Waals surface area contributed by atoms with Crippen LogP contribution in [0.4, 0.5) is 13.2 Å². The number of aldehydes is 1. The lowest BCUT2D eigenvalue weighted by Gasteiger charge is -1.92. The van der Waals surface area contributed by atoms with Gasteiger partial charge in [0, 0.05) is 12.1 Å². The van der Waals surface area contributed by atoms with Crippen molar-refractivity contribution in [2.45, 2.75) is 19.1 Å². The van der Waals surface area contributed by atoms with Crippen LogP contribution in [0.15, 0.2) is 12.2 Å². The molecule has 0 aliphatic rings. The van der Waals surface area contributed by atoms with Gasteiger partial charge >= 0.3 is 12.1 Å². The molecule has 0 saturated heterocycles. The third-order valence-electron chi connectivity index (χ3n) is 0.871. The van der Waals surface area contributed by atoms with Gasteiger partial charge in [0.1, 0.15) is 0 Å². The number of methoxy groups -OCH3 is 1. The normalized spacial score (nSPS) is 12.7. The molecule has 0 unspecified atom stereocenters. The van der Waals surface area contributed by atoms with Gasteiger partial charge in [-0.1, -0.05) is 6.08 Å². The summed E-state index contributed by atoms with van der Waals surface area (Å²) in [5.74, 6) is -0.368. The van der Waals surface area contributed by atoms with E-state index in [-0.39, 0.29) is 12.0 Å². The summed E-state index contributed by atoms with van der Waals surface area (Å²) in [5, 5.41) is 0. The molecular weight excluding hydrogens is 215 g/mol. The van der Waals surface area contributed by atoms with Crippen LogP contribution in [-0.2, 0) is 14.3 Å². The van der Waals surface area contributed by atoms with Gasteiger partial charge in [-0.2, -0.15) is 13.2 Å². The maximum absolute atomic E-state index is 10.4. The molecule has 0 bridgehead atoms. The molecule has 15 heavy (non-hydrogen) atoms. The molecule has 0 aromatic rings. The maximum Gasteiger partial charge on any atom is 0.446 e.